The van der Waals surface area contributed by atoms with E-state index < -0.39 is 0 Å². The number of fused-ring (bicyclic) bond motifs is 1. The first kappa shape index (κ1) is 10.5. The highest BCUT2D eigenvalue weighted by molar-refractivity contribution is 5.40. The molecule has 0 aliphatic carbocycles. The van der Waals surface area contributed by atoms with Gasteiger partial charge in [-0.25, -0.2) is 4.39 Å². The fourth-order valence-corrected chi connectivity index (χ4v) is 1.73. The number of hydrogen-bond donors (Lipinski definition) is 1. The van der Waals surface area contributed by atoms with Crippen LogP contribution in [0.5, 0.6) is 0 Å². The second-order valence-corrected chi connectivity index (χ2v) is 3.53. The van der Waals surface area contributed by atoms with Crippen LogP contribution in [0, 0.1) is 5.82 Å². The molecular weight excluding hydrogens is 189 g/mol. The van der Waals surface area contributed by atoms with Crippen LogP contribution >= 0.6 is 0 Å². The van der Waals surface area contributed by atoms with Crippen LogP contribution in [0.25, 0.3) is 0 Å². The van der Waals surface area contributed by atoms with E-state index in [0.29, 0.717) is 6.04 Å². The molecule has 0 aromatic heterocycles. The quantitative estimate of drug-likeness (QED) is 0.485. The van der Waals surface area contributed by atoms with Crippen LogP contribution in [0.1, 0.15) is 18.9 Å². The van der Waals surface area contributed by atoms with E-state index in [-0.39, 0.29) is 18.2 Å². The van der Waals surface area contributed by atoms with Gasteiger partial charge in [-0.2, -0.15) is 0 Å². The normalized spacial score (nSPS) is 20.3. The van der Waals surface area contributed by atoms with Crippen LogP contribution in [0.2, 0.25) is 0 Å². The maximum Gasteiger partial charge on any atom is 0.133 e. The van der Waals surface area contributed by atoms with Crippen molar-refractivity contribution in [2.24, 2.45) is 0 Å². The number of quaternary nitrogens is 1. The van der Waals surface area contributed by atoms with Gasteiger partial charge in [-0.1, -0.05) is 0 Å². The number of rotatable bonds is 0. The highest BCUT2D eigenvalue weighted by Gasteiger charge is 2.18. The lowest BCUT2D eigenvalue weighted by Crippen LogP contribution is -3.00. The molecule has 1 heterocycles. The number of aryl methyl sites for hydroxylation is 1. The Kier molecular flexibility index (Phi) is 3.28. The van der Waals surface area contributed by atoms with E-state index in [1.807, 2.05) is 6.07 Å². The van der Waals surface area contributed by atoms with Crippen molar-refractivity contribution in [3.05, 3.63) is 29.6 Å². The summed E-state index contributed by atoms with van der Waals surface area (Å²) in [6.45, 7) is 2.20. The van der Waals surface area contributed by atoms with Gasteiger partial charge in [-0.05, 0) is 25.5 Å². The molecule has 0 fully saturated rings. The van der Waals surface area contributed by atoms with Crippen molar-refractivity contribution in [3.63, 3.8) is 0 Å². The van der Waals surface area contributed by atoms with E-state index in [0.717, 1.165) is 18.4 Å². The SMILES string of the molecule is C[C@H]1CCc2cc(F)ccc2[NH2+]1.[Cl-]. The minimum Gasteiger partial charge on any atom is -1.00 e. The predicted octanol–water partition coefficient (Wildman–Crippen LogP) is -1.64. The second-order valence-electron chi connectivity index (χ2n) is 3.53. The smallest absolute Gasteiger partial charge is 0.133 e. The third-order valence-corrected chi connectivity index (χ3v) is 2.44. The van der Waals surface area contributed by atoms with Crippen molar-refractivity contribution in [1.29, 1.82) is 0 Å². The molecule has 13 heavy (non-hydrogen) atoms. The minimum atomic E-state index is -0.114. The Morgan fingerprint density at radius 2 is 2.23 bits per heavy atom. The zero-order valence-electron chi connectivity index (χ0n) is 7.56. The van der Waals surface area contributed by atoms with Crippen molar-refractivity contribution >= 4 is 5.69 Å². The Morgan fingerprint density at radius 1 is 1.46 bits per heavy atom. The lowest BCUT2D eigenvalue weighted by Gasteiger charge is -2.18. The van der Waals surface area contributed by atoms with Gasteiger partial charge in [0.05, 0.1) is 6.04 Å². The van der Waals surface area contributed by atoms with Crippen LogP contribution in [0.3, 0.4) is 0 Å². The molecule has 0 radical (unpaired) electrons. The first-order valence-electron chi connectivity index (χ1n) is 4.39. The molecule has 1 aliphatic heterocycles. The molecule has 2 rings (SSSR count). The summed E-state index contributed by atoms with van der Waals surface area (Å²) in [5.74, 6) is -0.114. The molecule has 72 valence electrons. The molecular formula is C10H13ClFN. The van der Waals surface area contributed by atoms with Crippen molar-refractivity contribution in [2.45, 2.75) is 25.8 Å². The maximum absolute atomic E-state index is 12.8. The summed E-state index contributed by atoms with van der Waals surface area (Å²) in [6, 6.07) is 5.70. The lowest BCUT2D eigenvalue weighted by molar-refractivity contribution is -0.612. The topological polar surface area (TPSA) is 16.6 Å². The van der Waals surface area contributed by atoms with Gasteiger partial charge in [0.25, 0.3) is 0 Å². The van der Waals surface area contributed by atoms with Gasteiger partial charge in [-0.15, -0.1) is 0 Å². The molecule has 1 aliphatic rings. The van der Waals surface area contributed by atoms with Crippen LogP contribution in [0.15, 0.2) is 18.2 Å². The third-order valence-electron chi connectivity index (χ3n) is 2.44. The van der Waals surface area contributed by atoms with Crippen molar-refractivity contribution in [3.8, 4) is 0 Å². The highest BCUT2D eigenvalue weighted by Crippen LogP contribution is 2.18. The maximum atomic E-state index is 12.8. The Morgan fingerprint density at radius 3 is 3.00 bits per heavy atom. The van der Waals surface area contributed by atoms with Gasteiger partial charge < -0.3 is 17.7 Å². The lowest BCUT2D eigenvalue weighted by atomic mass is 9.99. The Hall–Kier alpha value is -0.600. The molecule has 1 aromatic carbocycles. The van der Waals surface area contributed by atoms with Crippen molar-refractivity contribution in [2.75, 3.05) is 0 Å². The number of benzene rings is 1. The third kappa shape index (κ3) is 2.20. The molecule has 1 aromatic rings. The first-order chi connectivity index (χ1) is 5.75. The van der Waals surface area contributed by atoms with Crippen molar-refractivity contribution in [1.82, 2.24) is 0 Å². The monoisotopic (exact) mass is 201 g/mol. The largest absolute Gasteiger partial charge is 1.00 e. The average molecular weight is 202 g/mol. The molecule has 0 spiro atoms. The van der Waals surface area contributed by atoms with E-state index in [4.69, 9.17) is 0 Å². The predicted molar refractivity (Wildman–Crippen MR) is 45.8 cm³/mol. The number of nitrogens with two attached hydrogens (primary N) is 1. The summed E-state index contributed by atoms with van der Waals surface area (Å²) in [6.07, 6.45) is 2.17. The fraction of sp³-hybridized carbons (Fsp3) is 0.400. The molecule has 0 amide bonds. The van der Waals surface area contributed by atoms with Gasteiger partial charge in [-0.3, -0.25) is 0 Å². The minimum absolute atomic E-state index is 0. The highest BCUT2D eigenvalue weighted by atomic mass is 35.5. The number of halogens is 2. The van der Waals surface area contributed by atoms with E-state index in [2.05, 4.69) is 12.2 Å². The second kappa shape index (κ2) is 4.07. The summed E-state index contributed by atoms with van der Waals surface area (Å²) in [5.41, 5.74) is 2.38. The van der Waals surface area contributed by atoms with Crippen LogP contribution in [-0.4, -0.2) is 6.04 Å². The van der Waals surface area contributed by atoms with E-state index in [1.54, 1.807) is 6.07 Å². The summed E-state index contributed by atoms with van der Waals surface area (Å²) in [5, 5.41) is 2.22. The Balaban J connectivity index is 0.000000845. The zero-order chi connectivity index (χ0) is 8.55. The first-order valence-corrected chi connectivity index (χ1v) is 4.39. The molecule has 2 N–H and O–H groups in total. The molecule has 0 saturated carbocycles. The zero-order valence-corrected chi connectivity index (χ0v) is 8.31. The molecule has 3 heteroatoms. The van der Waals surface area contributed by atoms with Crippen LogP contribution in [-0.2, 0) is 6.42 Å². The van der Waals surface area contributed by atoms with Gasteiger partial charge >= 0.3 is 0 Å². The summed E-state index contributed by atoms with van der Waals surface area (Å²) < 4.78 is 12.8. The summed E-state index contributed by atoms with van der Waals surface area (Å²) >= 11 is 0. The van der Waals surface area contributed by atoms with E-state index in [1.165, 1.54) is 11.8 Å². The van der Waals surface area contributed by atoms with Gasteiger partial charge in [0.15, 0.2) is 0 Å². The summed E-state index contributed by atoms with van der Waals surface area (Å²) in [7, 11) is 0. The van der Waals surface area contributed by atoms with E-state index in [9.17, 15) is 4.39 Å². The Bertz CT molecular complexity index is 301. The molecule has 1 atom stereocenters. The molecule has 0 saturated heterocycles. The van der Waals surface area contributed by atoms with Crippen LogP contribution < -0.4 is 17.7 Å². The van der Waals surface area contributed by atoms with Gasteiger partial charge in [0.2, 0.25) is 0 Å². The summed E-state index contributed by atoms with van der Waals surface area (Å²) in [4.78, 5) is 0. The molecule has 0 bridgehead atoms. The molecule has 1 nitrogen and oxygen atoms in total. The average Bonchev–Trinajstić information content (AvgIpc) is 2.05. The van der Waals surface area contributed by atoms with Gasteiger partial charge in [0.1, 0.15) is 11.5 Å². The van der Waals surface area contributed by atoms with E-state index >= 15 is 0 Å². The number of hydrogen-bond acceptors (Lipinski definition) is 0. The Labute approximate surface area is 83.8 Å². The standard InChI is InChI=1S/C10H12FN.ClH/c1-7-2-3-8-6-9(11)4-5-10(8)12-7;/h4-7,12H,2-3H2,1H3;1H/t7-;/m0./s1. The van der Waals surface area contributed by atoms with Crippen molar-refractivity contribution < 1.29 is 22.1 Å². The van der Waals surface area contributed by atoms with Gasteiger partial charge in [0, 0.05) is 18.1 Å². The fourth-order valence-electron chi connectivity index (χ4n) is 1.73. The molecule has 0 unspecified atom stereocenters. The van der Waals surface area contributed by atoms with Crippen LogP contribution in [0.4, 0.5) is 10.1 Å².